The molecule has 0 atom stereocenters. The number of anilines is 1. The van der Waals surface area contributed by atoms with E-state index in [2.05, 4.69) is 10.1 Å². The predicted octanol–water partition coefficient (Wildman–Crippen LogP) is 2.54. The van der Waals surface area contributed by atoms with Crippen LogP contribution in [0.3, 0.4) is 0 Å². The van der Waals surface area contributed by atoms with Crippen LogP contribution in [0.1, 0.15) is 0 Å². The number of nitrogens with one attached hydrogen (secondary N) is 1. The lowest BCUT2D eigenvalue weighted by Crippen LogP contribution is -1.80. The molecule has 0 aliphatic heterocycles. The lowest BCUT2D eigenvalue weighted by atomic mass is 10.2. The SMILES string of the molecule is Nc1cc(-c2cc3cccc(F)c3[nH]2)on1. The molecule has 0 saturated carbocycles. The summed E-state index contributed by atoms with van der Waals surface area (Å²) in [5, 5.41) is 4.36. The van der Waals surface area contributed by atoms with Gasteiger partial charge < -0.3 is 15.2 Å². The first-order chi connectivity index (χ1) is 7.74. The summed E-state index contributed by atoms with van der Waals surface area (Å²) >= 11 is 0. The molecule has 3 rings (SSSR count). The molecule has 3 aromatic rings. The molecular formula is C11H8FN3O. The molecule has 2 aromatic heterocycles. The fraction of sp³-hybridized carbons (Fsp3) is 0. The lowest BCUT2D eigenvalue weighted by molar-refractivity contribution is 0.435. The predicted molar refractivity (Wildman–Crippen MR) is 58.2 cm³/mol. The van der Waals surface area contributed by atoms with Gasteiger partial charge in [-0.05, 0) is 12.1 Å². The van der Waals surface area contributed by atoms with Crippen LogP contribution in [-0.2, 0) is 0 Å². The monoisotopic (exact) mass is 217 g/mol. The van der Waals surface area contributed by atoms with Crippen molar-refractivity contribution in [3.8, 4) is 11.5 Å². The zero-order valence-corrected chi connectivity index (χ0v) is 8.20. The van der Waals surface area contributed by atoms with Gasteiger partial charge in [-0.2, -0.15) is 0 Å². The number of hydrogen-bond donors (Lipinski definition) is 2. The molecule has 4 nitrogen and oxygen atoms in total. The fourth-order valence-electron chi connectivity index (χ4n) is 1.67. The van der Waals surface area contributed by atoms with Gasteiger partial charge in [0.15, 0.2) is 11.6 Å². The average Bonchev–Trinajstić information content (AvgIpc) is 2.84. The molecule has 0 fully saturated rings. The molecular weight excluding hydrogens is 209 g/mol. The summed E-state index contributed by atoms with van der Waals surface area (Å²) in [4.78, 5) is 2.93. The number of aromatic amines is 1. The Balaban J connectivity index is 2.22. The van der Waals surface area contributed by atoms with Crippen LogP contribution in [0.2, 0.25) is 0 Å². The van der Waals surface area contributed by atoms with E-state index in [9.17, 15) is 4.39 Å². The number of nitrogens with two attached hydrogens (primary N) is 1. The largest absolute Gasteiger partial charge is 0.381 e. The molecule has 80 valence electrons. The van der Waals surface area contributed by atoms with Crippen molar-refractivity contribution in [3.63, 3.8) is 0 Å². The number of fused-ring (bicyclic) bond motifs is 1. The van der Waals surface area contributed by atoms with E-state index < -0.39 is 0 Å². The Labute approximate surface area is 89.9 Å². The number of para-hydroxylation sites is 1. The highest BCUT2D eigenvalue weighted by Crippen LogP contribution is 2.26. The van der Waals surface area contributed by atoms with Gasteiger partial charge in [0.1, 0.15) is 5.82 Å². The van der Waals surface area contributed by atoms with Crippen LogP contribution in [0.15, 0.2) is 34.9 Å². The van der Waals surface area contributed by atoms with Gasteiger partial charge in [0.2, 0.25) is 0 Å². The second-order valence-electron chi connectivity index (χ2n) is 3.50. The highest BCUT2D eigenvalue weighted by Gasteiger charge is 2.10. The second-order valence-corrected chi connectivity index (χ2v) is 3.50. The minimum Gasteiger partial charge on any atom is -0.381 e. The van der Waals surface area contributed by atoms with Crippen LogP contribution < -0.4 is 5.73 Å². The Kier molecular flexibility index (Phi) is 1.73. The van der Waals surface area contributed by atoms with Crippen molar-refractivity contribution in [2.75, 3.05) is 5.73 Å². The Hall–Kier alpha value is -2.30. The van der Waals surface area contributed by atoms with Crippen LogP contribution in [0, 0.1) is 5.82 Å². The molecule has 0 unspecified atom stereocenters. The van der Waals surface area contributed by atoms with Gasteiger partial charge in [-0.1, -0.05) is 17.3 Å². The molecule has 0 radical (unpaired) electrons. The van der Waals surface area contributed by atoms with Gasteiger partial charge in [-0.3, -0.25) is 0 Å². The minimum atomic E-state index is -0.295. The summed E-state index contributed by atoms with van der Waals surface area (Å²) in [6, 6.07) is 8.25. The number of nitrogens with zero attached hydrogens (tertiary/aromatic N) is 1. The van der Waals surface area contributed by atoms with Crippen molar-refractivity contribution in [1.82, 2.24) is 10.1 Å². The van der Waals surface area contributed by atoms with E-state index in [4.69, 9.17) is 10.3 Å². The molecule has 0 aliphatic rings. The Morgan fingerprint density at radius 2 is 2.19 bits per heavy atom. The van der Waals surface area contributed by atoms with Crippen LogP contribution in [-0.4, -0.2) is 10.1 Å². The van der Waals surface area contributed by atoms with E-state index in [1.165, 1.54) is 6.07 Å². The molecule has 0 bridgehead atoms. The van der Waals surface area contributed by atoms with E-state index in [-0.39, 0.29) is 5.82 Å². The Morgan fingerprint density at radius 3 is 2.88 bits per heavy atom. The summed E-state index contributed by atoms with van der Waals surface area (Å²) in [5.41, 5.74) is 6.56. The molecule has 0 amide bonds. The first-order valence-electron chi connectivity index (χ1n) is 4.74. The number of aromatic nitrogens is 2. The maximum absolute atomic E-state index is 13.4. The summed E-state index contributed by atoms with van der Waals surface area (Å²) in [7, 11) is 0. The lowest BCUT2D eigenvalue weighted by Gasteiger charge is -1.89. The summed E-state index contributed by atoms with van der Waals surface area (Å²) in [5.74, 6) is 0.499. The second kappa shape index (κ2) is 3.10. The van der Waals surface area contributed by atoms with Crippen LogP contribution >= 0.6 is 0 Å². The van der Waals surface area contributed by atoms with Gasteiger partial charge >= 0.3 is 0 Å². The van der Waals surface area contributed by atoms with Crippen molar-refractivity contribution < 1.29 is 8.91 Å². The van der Waals surface area contributed by atoms with Gasteiger partial charge in [0.05, 0.1) is 11.2 Å². The maximum atomic E-state index is 13.4. The van der Waals surface area contributed by atoms with Crippen molar-refractivity contribution in [3.05, 3.63) is 36.1 Å². The number of halogens is 1. The number of rotatable bonds is 1. The molecule has 3 N–H and O–H groups in total. The third-order valence-corrected chi connectivity index (χ3v) is 2.40. The number of nitrogen functional groups attached to an aromatic ring is 1. The standard InChI is InChI=1S/C11H8FN3O/c12-7-3-1-2-6-4-8(14-11(6)7)9-5-10(13)15-16-9/h1-5,14H,(H2,13,15). The fourth-order valence-corrected chi connectivity index (χ4v) is 1.67. The van der Waals surface area contributed by atoms with Gasteiger partial charge in [-0.15, -0.1) is 0 Å². The number of benzene rings is 1. The molecule has 2 heterocycles. The third kappa shape index (κ3) is 1.25. The molecule has 0 saturated heterocycles. The van der Waals surface area contributed by atoms with Gasteiger partial charge in [0, 0.05) is 11.5 Å². The zero-order valence-electron chi connectivity index (χ0n) is 8.20. The zero-order chi connectivity index (χ0) is 11.1. The summed E-state index contributed by atoms with van der Waals surface area (Å²) in [6.07, 6.45) is 0. The van der Waals surface area contributed by atoms with E-state index in [0.717, 1.165) is 5.39 Å². The van der Waals surface area contributed by atoms with Crippen molar-refractivity contribution in [2.45, 2.75) is 0 Å². The van der Waals surface area contributed by atoms with Crippen LogP contribution in [0.5, 0.6) is 0 Å². The molecule has 5 heteroatoms. The smallest absolute Gasteiger partial charge is 0.185 e. The Bertz CT molecular complexity index is 656. The quantitative estimate of drug-likeness (QED) is 0.658. The highest BCUT2D eigenvalue weighted by atomic mass is 19.1. The maximum Gasteiger partial charge on any atom is 0.185 e. The van der Waals surface area contributed by atoms with Crippen molar-refractivity contribution >= 4 is 16.7 Å². The van der Waals surface area contributed by atoms with Crippen LogP contribution in [0.25, 0.3) is 22.4 Å². The highest BCUT2D eigenvalue weighted by molar-refractivity contribution is 5.85. The topological polar surface area (TPSA) is 67.8 Å². The molecule has 0 aliphatic carbocycles. The molecule has 1 aromatic carbocycles. The Morgan fingerprint density at radius 1 is 1.31 bits per heavy atom. The van der Waals surface area contributed by atoms with E-state index >= 15 is 0 Å². The normalized spacial score (nSPS) is 11.1. The number of H-pyrrole nitrogens is 1. The van der Waals surface area contributed by atoms with E-state index in [1.54, 1.807) is 18.2 Å². The number of hydrogen-bond acceptors (Lipinski definition) is 3. The molecule has 0 spiro atoms. The average molecular weight is 217 g/mol. The minimum absolute atomic E-state index is 0.295. The summed E-state index contributed by atoms with van der Waals surface area (Å²) < 4.78 is 18.4. The van der Waals surface area contributed by atoms with Crippen LogP contribution in [0.4, 0.5) is 10.2 Å². The molecule has 16 heavy (non-hydrogen) atoms. The van der Waals surface area contributed by atoms with Crippen molar-refractivity contribution in [1.29, 1.82) is 0 Å². The van der Waals surface area contributed by atoms with Gasteiger partial charge in [0.25, 0.3) is 0 Å². The summed E-state index contributed by atoms with van der Waals surface area (Å²) in [6.45, 7) is 0. The van der Waals surface area contributed by atoms with Gasteiger partial charge in [-0.25, -0.2) is 4.39 Å². The van der Waals surface area contributed by atoms with Crippen molar-refractivity contribution in [2.24, 2.45) is 0 Å². The first-order valence-corrected chi connectivity index (χ1v) is 4.74. The van der Waals surface area contributed by atoms with E-state index in [1.807, 2.05) is 6.07 Å². The third-order valence-electron chi connectivity index (χ3n) is 2.40. The first kappa shape index (κ1) is 8.96. The van der Waals surface area contributed by atoms with E-state index in [0.29, 0.717) is 22.8 Å².